The summed E-state index contributed by atoms with van der Waals surface area (Å²) in [5, 5.41) is 3.26. The fraction of sp³-hybridized carbons (Fsp3) is 0.480. The van der Waals surface area contributed by atoms with Gasteiger partial charge in [-0.2, -0.15) is 0 Å². The quantitative estimate of drug-likeness (QED) is 0.653. The third kappa shape index (κ3) is 4.99. The van der Waals surface area contributed by atoms with Crippen molar-refractivity contribution in [1.29, 1.82) is 0 Å². The van der Waals surface area contributed by atoms with Crippen LogP contribution in [0.4, 0.5) is 5.69 Å². The molecule has 1 saturated heterocycles. The summed E-state index contributed by atoms with van der Waals surface area (Å²) in [7, 11) is 1.68. The normalized spacial score (nSPS) is 17.1. The number of methoxy groups -OCH3 is 1. The summed E-state index contributed by atoms with van der Waals surface area (Å²) in [6, 6.07) is 14.9. The molecule has 1 N–H and O–H groups in total. The van der Waals surface area contributed by atoms with Crippen LogP contribution in [0.25, 0.3) is 0 Å². The molecular weight excluding hydrogens is 360 g/mol. The van der Waals surface area contributed by atoms with Crippen molar-refractivity contribution in [3.05, 3.63) is 59.2 Å². The van der Waals surface area contributed by atoms with Crippen LogP contribution in [0.15, 0.2) is 42.5 Å². The van der Waals surface area contributed by atoms with Gasteiger partial charge in [0.1, 0.15) is 5.75 Å². The smallest absolute Gasteiger partial charge is 0.238 e. The van der Waals surface area contributed by atoms with Crippen LogP contribution in [-0.4, -0.2) is 31.0 Å². The van der Waals surface area contributed by atoms with E-state index in [0.717, 1.165) is 30.8 Å². The zero-order chi connectivity index (χ0) is 21.0. The Labute approximate surface area is 175 Å². The predicted molar refractivity (Wildman–Crippen MR) is 120 cm³/mol. The molecule has 2 aromatic carbocycles. The van der Waals surface area contributed by atoms with Crippen molar-refractivity contribution in [1.82, 2.24) is 4.90 Å². The largest absolute Gasteiger partial charge is 0.497 e. The van der Waals surface area contributed by atoms with Crippen molar-refractivity contribution in [2.75, 3.05) is 25.5 Å². The van der Waals surface area contributed by atoms with Gasteiger partial charge in [0.25, 0.3) is 0 Å². The monoisotopic (exact) mass is 394 g/mol. The van der Waals surface area contributed by atoms with Gasteiger partial charge in [-0.1, -0.05) is 58.0 Å². The van der Waals surface area contributed by atoms with E-state index in [1.807, 2.05) is 12.1 Å². The molecule has 156 valence electrons. The summed E-state index contributed by atoms with van der Waals surface area (Å²) in [5.41, 5.74) is 4.67. The number of benzene rings is 2. The fourth-order valence-corrected chi connectivity index (χ4v) is 4.28. The number of carbonyl (C=O) groups excluding carboxylic acids is 1. The Bertz CT molecular complexity index is 801. The van der Waals surface area contributed by atoms with Crippen molar-refractivity contribution in [3.8, 4) is 5.75 Å². The molecule has 3 rings (SSSR count). The third-order valence-corrected chi connectivity index (χ3v) is 5.85. The number of likely N-dealkylation sites (tertiary alicyclic amines) is 1. The molecule has 1 amide bonds. The number of ether oxygens (including phenoxy) is 1. The maximum atomic E-state index is 13.0. The molecule has 1 aliphatic heterocycles. The van der Waals surface area contributed by atoms with Crippen LogP contribution >= 0.6 is 0 Å². The molecule has 0 bridgehead atoms. The van der Waals surface area contributed by atoms with Crippen LogP contribution in [0, 0.1) is 0 Å². The number of nitrogens with zero attached hydrogens (tertiary/aromatic N) is 1. The Morgan fingerprint density at radius 1 is 1.07 bits per heavy atom. The van der Waals surface area contributed by atoms with E-state index in [9.17, 15) is 4.79 Å². The molecule has 0 saturated carbocycles. The molecule has 0 radical (unpaired) electrons. The van der Waals surface area contributed by atoms with Gasteiger partial charge in [0.15, 0.2) is 0 Å². The molecule has 0 aliphatic carbocycles. The maximum absolute atomic E-state index is 13.0. The van der Waals surface area contributed by atoms with E-state index >= 15 is 0 Å². The second-order valence-corrected chi connectivity index (χ2v) is 8.57. The van der Waals surface area contributed by atoms with Gasteiger partial charge in [0.2, 0.25) is 5.91 Å². The highest BCUT2D eigenvalue weighted by molar-refractivity contribution is 5.94. The number of rotatable bonds is 7. The van der Waals surface area contributed by atoms with Crippen molar-refractivity contribution in [3.63, 3.8) is 0 Å². The summed E-state index contributed by atoms with van der Waals surface area (Å²) < 4.78 is 5.27. The molecule has 1 fully saturated rings. The van der Waals surface area contributed by atoms with Crippen molar-refractivity contribution < 1.29 is 9.53 Å². The average molecular weight is 395 g/mol. The highest BCUT2D eigenvalue weighted by Gasteiger charge is 2.28. The van der Waals surface area contributed by atoms with E-state index in [2.05, 4.69) is 68.2 Å². The Morgan fingerprint density at radius 2 is 1.69 bits per heavy atom. The molecule has 1 unspecified atom stereocenters. The van der Waals surface area contributed by atoms with E-state index in [1.54, 1.807) is 7.11 Å². The first kappa shape index (κ1) is 21.4. The van der Waals surface area contributed by atoms with Crippen LogP contribution in [0.3, 0.4) is 0 Å². The first-order valence-electron chi connectivity index (χ1n) is 10.7. The van der Waals surface area contributed by atoms with Crippen LogP contribution in [0.1, 0.15) is 75.1 Å². The molecule has 29 heavy (non-hydrogen) atoms. The standard InChI is InChI=1S/C25H34N2O2/c1-17(2)21-8-6-9-22(18(3)4)25(21)26-24(28)16-27-15-7-10-23(27)19-11-13-20(29-5)14-12-19/h6,8-9,11-14,17-18,23H,7,10,15-16H2,1-5H3,(H,26,28). The fourth-order valence-electron chi connectivity index (χ4n) is 4.28. The first-order chi connectivity index (χ1) is 13.9. The Balaban J connectivity index is 1.75. The van der Waals surface area contributed by atoms with E-state index in [4.69, 9.17) is 4.74 Å². The van der Waals surface area contributed by atoms with E-state index in [-0.39, 0.29) is 11.9 Å². The second kappa shape index (κ2) is 9.45. The molecule has 4 heteroatoms. The number of carbonyl (C=O) groups is 1. The van der Waals surface area contributed by atoms with Crippen molar-refractivity contribution in [2.24, 2.45) is 0 Å². The van der Waals surface area contributed by atoms with Crippen LogP contribution in [-0.2, 0) is 4.79 Å². The van der Waals surface area contributed by atoms with E-state index in [1.165, 1.54) is 16.7 Å². The van der Waals surface area contributed by atoms with Gasteiger partial charge in [-0.15, -0.1) is 0 Å². The lowest BCUT2D eigenvalue weighted by molar-refractivity contribution is -0.117. The molecule has 2 aromatic rings. The SMILES string of the molecule is COc1ccc(C2CCCN2CC(=O)Nc2c(C(C)C)cccc2C(C)C)cc1. The number of amides is 1. The van der Waals surface area contributed by atoms with Crippen LogP contribution in [0.2, 0.25) is 0 Å². The van der Waals surface area contributed by atoms with E-state index < -0.39 is 0 Å². The zero-order valence-corrected chi connectivity index (χ0v) is 18.4. The molecule has 4 nitrogen and oxygen atoms in total. The lowest BCUT2D eigenvalue weighted by Crippen LogP contribution is -2.33. The van der Waals surface area contributed by atoms with Crippen molar-refractivity contribution >= 4 is 11.6 Å². The highest BCUT2D eigenvalue weighted by atomic mass is 16.5. The minimum absolute atomic E-state index is 0.0698. The minimum Gasteiger partial charge on any atom is -0.497 e. The molecule has 1 aliphatic rings. The lowest BCUT2D eigenvalue weighted by Gasteiger charge is -2.26. The van der Waals surface area contributed by atoms with E-state index in [0.29, 0.717) is 18.4 Å². The van der Waals surface area contributed by atoms with Crippen LogP contribution < -0.4 is 10.1 Å². The summed E-state index contributed by atoms with van der Waals surface area (Å²) in [6.45, 7) is 10.1. The first-order valence-corrected chi connectivity index (χ1v) is 10.7. The molecule has 1 atom stereocenters. The second-order valence-electron chi connectivity index (χ2n) is 8.57. The predicted octanol–water partition coefficient (Wildman–Crippen LogP) is 5.72. The van der Waals surface area contributed by atoms with Gasteiger partial charge in [0.05, 0.1) is 13.7 Å². The minimum atomic E-state index is 0.0698. The number of hydrogen-bond donors (Lipinski definition) is 1. The third-order valence-electron chi connectivity index (χ3n) is 5.85. The van der Waals surface area contributed by atoms with Crippen LogP contribution in [0.5, 0.6) is 5.75 Å². The Hall–Kier alpha value is -2.33. The van der Waals surface area contributed by atoms with Gasteiger partial charge in [-0.3, -0.25) is 9.69 Å². The van der Waals surface area contributed by atoms with Gasteiger partial charge in [0, 0.05) is 11.7 Å². The molecular formula is C25H34N2O2. The number of hydrogen-bond acceptors (Lipinski definition) is 3. The van der Waals surface area contributed by atoms with Crippen molar-refractivity contribution in [2.45, 2.75) is 58.4 Å². The summed E-state index contributed by atoms with van der Waals surface area (Å²) in [6.07, 6.45) is 2.20. The molecule has 0 spiro atoms. The summed E-state index contributed by atoms with van der Waals surface area (Å²) >= 11 is 0. The lowest BCUT2D eigenvalue weighted by atomic mass is 9.92. The van der Waals surface area contributed by atoms with Gasteiger partial charge in [-0.05, 0) is 60.0 Å². The maximum Gasteiger partial charge on any atom is 0.238 e. The van der Waals surface area contributed by atoms with Gasteiger partial charge in [-0.25, -0.2) is 0 Å². The Morgan fingerprint density at radius 3 is 2.24 bits per heavy atom. The van der Waals surface area contributed by atoms with Gasteiger partial charge < -0.3 is 10.1 Å². The topological polar surface area (TPSA) is 41.6 Å². The number of anilines is 1. The van der Waals surface area contributed by atoms with Gasteiger partial charge >= 0.3 is 0 Å². The average Bonchev–Trinajstić information content (AvgIpc) is 3.15. The summed E-state index contributed by atoms with van der Waals surface area (Å²) in [4.78, 5) is 15.3. The summed E-state index contributed by atoms with van der Waals surface area (Å²) in [5.74, 6) is 1.66. The zero-order valence-electron chi connectivity index (χ0n) is 18.4. The molecule has 1 heterocycles. The Kier molecular flexibility index (Phi) is 6.96. The highest BCUT2D eigenvalue weighted by Crippen LogP contribution is 2.34. The molecule has 0 aromatic heterocycles. The number of nitrogens with one attached hydrogen (secondary N) is 1. The number of para-hydroxylation sites is 1.